The lowest BCUT2D eigenvalue weighted by molar-refractivity contribution is -0.383. The molecule has 0 bridgehead atoms. The molecule has 1 aliphatic rings. The number of rotatable bonds is 3. The molecule has 1 fully saturated rings. The third-order valence-electron chi connectivity index (χ3n) is 2.83. The van der Waals surface area contributed by atoms with E-state index in [0.29, 0.717) is 13.0 Å². The van der Waals surface area contributed by atoms with Crippen molar-refractivity contribution in [2.75, 3.05) is 12.3 Å². The van der Waals surface area contributed by atoms with Crippen molar-refractivity contribution in [2.24, 2.45) is 0 Å². The number of carbonyl (C=O) groups is 1. The molecule has 1 aliphatic heterocycles. The Labute approximate surface area is 98.2 Å². The zero-order chi connectivity index (χ0) is 12.4. The van der Waals surface area contributed by atoms with Crippen molar-refractivity contribution in [2.45, 2.75) is 19.4 Å². The lowest BCUT2D eigenvalue weighted by atomic mass is 10.1. The van der Waals surface area contributed by atoms with Gasteiger partial charge >= 0.3 is 0 Å². The number of likely N-dealkylation sites (tertiary alicyclic amines) is 1. The highest BCUT2D eigenvalue weighted by molar-refractivity contribution is 5.78. The average molecular weight is 235 g/mol. The fourth-order valence-corrected chi connectivity index (χ4v) is 1.96. The van der Waals surface area contributed by atoms with E-state index in [1.807, 2.05) is 0 Å². The summed E-state index contributed by atoms with van der Waals surface area (Å²) in [5.41, 5.74) is 6.45. The van der Waals surface area contributed by atoms with Gasteiger partial charge in [0.05, 0.1) is 4.92 Å². The van der Waals surface area contributed by atoms with Crippen LogP contribution in [0, 0.1) is 10.1 Å². The van der Waals surface area contributed by atoms with Crippen molar-refractivity contribution in [3.8, 4) is 0 Å². The molecule has 0 saturated carbocycles. The molecule has 6 nitrogen and oxygen atoms in total. The van der Waals surface area contributed by atoms with Crippen LogP contribution >= 0.6 is 0 Å². The van der Waals surface area contributed by atoms with E-state index in [1.165, 1.54) is 6.07 Å². The highest BCUT2D eigenvalue weighted by Gasteiger charge is 2.20. The van der Waals surface area contributed by atoms with Crippen LogP contribution in [0.5, 0.6) is 0 Å². The summed E-state index contributed by atoms with van der Waals surface area (Å²) in [7, 11) is 0. The zero-order valence-electron chi connectivity index (χ0n) is 9.26. The number of nitrogen functional groups attached to an aromatic ring is 1. The maximum Gasteiger partial charge on any atom is 0.292 e. The van der Waals surface area contributed by atoms with Crippen LogP contribution in [0.4, 0.5) is 11.4 Å². The number of anilines is 1. The van der Waals surface area contributed by atoms with Crippen LogP contribution < -0.4 is 5.73 Å². The van der Waals surface area contributed by atoms with Crippen molar-refractivity contribution in [1.82, 2.24) is 4.90 Å². The number of benzene rings is 1. The summed E-state index contributed by atoms with van der Waals surface area (Å²) < 4.78 is 0. The second-order valence-corrected chi connectivity index (χ2v) is 4.07. The molecule has 2 N–H and O–H groups in total. The predicted octanol–water partition coefficient (Wildman–Crippen LogP) is 1.30. The number of hydrogen-bond acceptors (Lipinski definition) is 4. The first kappa shape index (κ1) is 11.4. The van der Waals surface area contributed by atoms with Gasteiger partial charge in [-0.05, 0) is 18.1 Å². The van der Waals surface area contributed by atoms with Gasteiger partial charge in [-0.2, -0.15) is 0 Å². The van der Waals surface area contributed by atoms with E-state index in [2.05, 4.69) is 0 Å². The van der Waals surface area contributed by atoms with Crippen molar-refractivity contribution >= 4 is 17.3 Å². The third kappa shape index (κ3) is 2.35. The molecule has 1 aromatic carbocycles. The Morgan fingerprint density at radius 1 is 1.47 bits per heavy atom. The molecule has 6 heteroatoms. The number of carbonyl (C=O) groups excluding carboxylic acids is 1. The number of nitrogens with two attached hydrogens (primary N) is 1. The summed E-state index contributed by atoms with van der Waals surface area (Å²) in [6.45, 7) is 1.22. The minimum Gasteiger partial charge on any atom is -0.393 e. The van der Waals surface area contributed by atoms with E-state index < -0.39 is 4.92 Å². The van der Waals surface area contributed by atoms with Crippen LogP contribution in [0.25, 0.3) is 0 Å². The number of amides is 1. The molecular formula is C11H13N3O3. The number of nitro benzene ring substituents is 1. The van der Waals surface area contributed by atoms with E-state index >= 15 is 0 Å². The first-order chi connectivity index (χ1) is 8.08. The van der Waals surface area contributed by atoms with Gasteiger partial charge in [0.15, 0.2) is 0 Å². The molecule has 1 aromatic rings. The average Bonchev–Trinajstić information content (AvgIpc) is 2.64. The fraction of sp³-hybridized carbons (Fsp3) is 0.364. The quantitative estimate of drug-likeness (QED) is 0.485. The highest BCUT2D eigenvalue weighted by Crippen LogP contribution is 2.23. The molecule has 0 unspecified atom stereocenters. The molecule has 0 aromatic heterocycles. The number of nitro groups is 1. The Balaban J connectivity index is 2.15. The minimum absolute atomic E-state index is 0.0958. The molecule has 0 spiro atoms. The Morgan fingerprint density at radius 3 is 2.76 bits per heavy atom. The van der Waals surface area contributed by atoms with Gasteiger partial charge in [-0.25, -0.2) is 0 Å². The van der Waals surface area contributed by atoms with Gasteiger partial charge in [-0.15, -0.1) is 0 Å². The summed E-state index contributed by atoms with van der Waals surface area (Å²) >= 11 is 0. The van der Waals surface area contributed by atoms with E-state index in [1.54, 1.807) is 17.0 Å². The maximum absolute atomic E-state index is 11.4. The lowest BCUT2D eigenvalue weighted by Crippen LogP contribution is -2.23. The summed E-state index contributed by atoms with van der Waals surface area (Å²) in [4.78, 5) is 23.2. The first-order valence-corrected chi connectivity index (χ1v) is 5.38. The third-order valence-corrected chi connectivity index (χ3v) is 2.83. The highest BCUT2D eigenvalue weighted by atomic mass is 16.6. The normalized spacial score (nSPS) is 15.3. The van der Waals surface area contributed by atoms with Crippen LogP contribution in [0.2, 0.25) is 0 Å². The summed E-state index contributed by atoms with van der Waals surface area (Å²) in [5.74, 6) is 0.127. The SMILES string of the molecule is Nc1cc(CN2CCCC2=O)ccc1[N+](=O)[O-]. The summed E-state index contributed by atoms with van der Waals surface area (Å²) in [5, 5.41) is 10.6. The molecule has 17 heavy (non-hydrogen) atoms. The van der Waals surface area contributed by atoms with Crippen LogP contribution in [0.3, 0.4) is 0 Å². The topological polar surface area (TPSA) is 89.5 Å². The monoisotopic (exact) mass is 235 g/mol. The zero-order valence-corrected chi connectivity index (χ0v) is 9.26. The number of hydrogen-bond donors (Lipinski definition) is 1. The molecule has 0 atom stereocenters. The largest absolute Gasteiger partial charge is 0.393 e. The van der Waals surface area contributed by atoms with Crippen LogP contribution in [0.1, 0.15) is 18.4 Å². The van der Waals surface area contributed by atoms with E-state index in [4.69, 9.17) is 5.73 Å². The van der Waals surface area contributed by atoms with Crippen LogP contribution in [-0.2, 0) is 11.3 Å². The maximum atomic E-state index is 11.4. The van der Waals surface area contributed by atoms with Crippen molar-refractivity contribution < 1.29 is 9.72 Å². The van der Waals surface area contributed by atoms with Crippen molar-refractivity contribution in [3.05, 3.63) is 33.9 Å². The summed E-state index contributed by atoms with van der Waals surface area (Å²) in [6.07, 6.45) is 1.46. The van der Waals surface area contributed by atoms with Gasteiger partial charge in [0.25, 0.3) is 5.69 Å². The molecule has 1 heterocycles. The molecule has 90 valence electrons. The smallest absolute Gasteiger partial charge is 0.292 e. The molecule has 1 amide bonds. The Bertz CT molecular complexity index is 473. The van der Waals surface area contributed by atoms with E-state index in [-0.39, 0.29) is 17.3 Å². The standard InChI is InChI=1S/C11H13N3O3/c12-9-6-8(3-4-10(9)14(16)17)7-13-5-1-2-11(13)15/h3-4,6H,1-2,5,7,12H2. The van der Waals surface area contributed by atoms with E-state index in [9.17, 15) is 14.9 Å². The molecule has 1 saturated heterocycles. The lowest BCUT2D eigenvalue weighted by Gasteiger charge is -2.15. The fourth-order valence-electron chi connectivity index (χ4n) is 1.96. The number of nitrogens with zero attached hydrogens (tertiary/aromatic N) is 2. The van der Waals surface area contributed by atoms with Crippen LogP contribution in [-0.4, -0.2) is 22.3 Å². The molecule has 0 aliphatic carbocycles. The molecular weight excluding hydrogens is 222 g/mol. The van der Waals surface area contributed by atoms with Crippen molar-refractivity contribution in [1.29, 1.82) is 0 Å². The predicted molar refractivity (Wildman–Crippen MR) is 62.2 cm³/mol. The van der Waals surface area contributed by atoms with E-state index in [0.717, 1.165) is 18.5 Å². The molecule has 0 radical (unpaired) electrons. The van der Waals surface area contributed by atoms with Gasteiger partial charge < -0.3 is 10.6 Å². The van der Waals surface area contributed by atoms with Crippen LogP contribution in [0.15, 0.2) is 18.2 Å². The van der Waals surface area contributed by atoms with Gasteiger partial charge in [0.1, 0.15) is 5.69 Å². The Morgan fingerprint density at radius 2 is 2.24 bits per heavy atom. The summed E-state index contributed by atoms with van der Waals surface area (Å²) in [6, 6.07) is 4.58. The van der Waals surface area contributed by atoms with Crippen molar-refractivity contribution in [3.63, 3.8) is 0 Å². The molecule has 2 rings (SSSR count). The second kappa shape index (κ2) is 4.40. The Hall–Kier alpha value is -2.11. The Kier molecular flexibility index (Phi) is 2.95. The first-order valence-electron chi connectivity index (χ1n) is 5.38. The van der Waals surface area contributed by atoms with Gasteiger partial charge in [0.2, 0.25) is 5.91 Å². The van der Waals surface area contributed by atoms with Gasteiger partial charge in [0, 0.05) is 25.6 Å². The second-order valence-electron chi connectivity index (χ2n) is 4.07. The van der Waals surface area contributed by atoms with Gasteiger partial charge in [-0.1, -0.05) is 6.07 Å². The minimum atomic E-state index is -0.514. The van der Waals surface area contributed by atoms with Gasteiger partial charge in [-0.3, -0.25) is 14.9 Å².